The molecule has 3 heteroatoms. The summed E-state index contributed by atoms with van der Waals surface area (Å²) >= 11 is 0. The maximum Gasteiger partial charge on any atom is 0.233 e. The third kappa shape index (κ3) is 3.27. The van der Waals surface area contributed by atoms with E-state index in [2.05, 4.69) is 30.9 Å². The third-order valence-corrected chi connectivity index (χ3v) is 4.24. The van der Waals surface area contributed by atoms with Crippen molar-refractivity contribution in [3.8, 4) is 0 Å². The number of hydrogen-bond acceptors (Lipinski definition) is 2. The first-order valence-electron chi connectivity index (χ1n) is 7.41. The molecule has 19 heavy (non-hydrogen) atoms. The van der Waals surface area contributed by atoms with E-state index >= 15 is 0 Å². The molecule has 0 saturated carbocycles. The van der Waals surface area contributed by atoms with Crippen molar-refractivity contribution in [1.29, 1.82) is 0 Å². The molecule has 0 aliphatic carbocycles. The minimum absolute atomic E-state index is 0.0144. The zero-order chi connectivity index (χ0) is 14.0. The van der Waals surface area contributed by atoms with Crippen LogP contribution in [0.15, 0.2) is 23.4 Å². The molecule has 1 amide bonds. The standard InChI is InChI=1S/C16H26N2O/c1-12-9-13(2)16(19)18(14(3)10-12)11-15(4)17-7-5-6-8-17/h9-10,13,15H,5-8,11H2,1-4H3/t13-,15-/m0/s1. The van der Waals surface area contributed by atoms with E-state index in [9.17, 15) is 4.79 Å². The van der Waals surface area contributed by atoms with Gasteiger partial charge in [-0.25, -0.2) is 0 Å². The molecular weight excluding hydrogens is 236 g/mol. The van der Waals surface area contributed by atoms with Crippen molar-refractivity contribution in [3.05, 3.63) is 23.4 Å². The van der Waals surface area contributed by atoms with E-state index < -0.39 is 0 Å². The monoisotopic (exact) mass is 262 g/mol. The van der Waals surface area contributed by atoms with E-state index in [1.54, 1.807) is 0 Å². The molecule has 1 saturated heterocycles. The smallest absolute Gasteiger partial charge is 0.233 e. The lowest BCUT2D eigenvalue weighted by Crippen LogP contribution is -2.43. The van der Waals surface area contributed by atoms with Crippen LogP contribution < -0.4 is 0 Å². The lowest BCUT2D eigenvalue weighted by Gasteiger charge is -2.31. The lowest BCUT2D eigenvalue weighted by atomic mass is 10.1. The molecule has 0 aromatic heterocycles. The van der Waals surface area contributed by atoms with Crippen LogP contribution in [0.5, 0.6) is 0 Å². The highest BCUT2D eigenvalue weighted by atomic mass is 16.2. The van der Waals surface area contributed by atoms with Crippen molar-refractivity contribution in [1.82, 2.24) is 9.80 Å². The molecule has 2 aliphatic rings. The van der Waals surface area contributed by atoms with Crippen LogP contribution in [0.2, 0.25) is 0 Å². The van der Waals surface area contributed by atoms with Crippen LogP contribution in [0.25, 0.3) is 0 Å². The first kappa shape index (κ1) is 14.3. The molecule has 0 aromatic carbocycles. The number of allylic oxidation sites excluding steroid dienone is 3. The van der Waals surface area contributed by atoms with Gasteiger partial charge in [0.25, 0.3) is 0 Å². The number of carbonyl (C=O) groups excluding carboxylic acids is 1. The number of rotatable bonds is 3. The molecular formula is C16H26N2O. The first-order chi connectivity index (χ1) is 8.99. The quantitative estimate of drug-likeness (QED) is 0.781. The second-order valence-electron chi connectivity index (χ2n) is 6.03. The highest BCUT2D eigenvalue weighted by molar-refractivity contribution is 5.82. The number of amides is 1. The summed E-state index contributed by atoms with van der Waals surface area (Å²) < 4.78 is 0. The SMILES string of the molecule is CC1=C[C@H](C)C(=O)N(C[C@H](C)N2CCCC2)C(C)=C1. The second kappa shape index (κ2) is 5.91. The zero-order valence-corrected chi connectivity index (χ0v) is 12.6. The Balaban J connectivity index is 2.09. The fourth-order valence-electron chi connectivity index (χ4n) is 3.14. The van der Waals surface area contributed by atoms with Crippen molar-refractivity contribution in [3.63, 3.8) is 0 Å². The largest absolute Gasteiger partial charge is 0.314 e. The molecule has 2 rings (SSSR count). The second-order valence-corrected chi connectivity index (χ2v) is 6.03. The van der Waals surface area contributed by atoms with Crippen molar-refractivity contribution in [2.45, 2.75) is 46.6 Å². The Morgan fingerprint density at radius 2 is 1.95 bits per heavy atom. The van der Waals surface area contributed by atoms with E-state index in [0.29, 0.717) is 6.04 Å². The van der Waals surface area contributed by atoms with Crippen LogP contribution in [0, 0.1) is 5.92 Å². The summed E-state index contributed by atoms with van der Waals surface area (Å²) in [5.41, 5.74) is 2.27. The van der Waals surface area contributed by atoms with E-state index in [4.69, 9.17) is 0 Å². The van der Waals surface area contributed by atoms with Gasteiger partial charge in [-0.15, -0.1) is 0 Å². The first-order valence-corrected chi connectivity index (χ1v) is 7.41. The molecule has 2 heterocycles. The van der Waals surface area contributed by atoms with Gasteiger partial charge in [-0.2, -0.15) is 0 Å². The Bertz CT molecular complexity index is 405. The van der Waals surface area contributed by atoms with Gasteiger partial charge in [0.15, 0.2) is 0 Å². The number of likely N-dealkylation sites (tertiary alicyclic amines) is 1. The molecule has 106 valence electrons. The number of carbonyl (C=O) groups is 1. The molecule has 2 atom stereocenters. The fourth-order valence-corrected chi connectivity index (χ4v) is 3.14. The van der Waals surface area contributed by atoms with Gasteiger partial charge in [-0.3, -0.25) is 9.69 Å². The highest BCUT2D eigenvalue weighted by Gasteiger charge is 2.27. The minimum Gasteiger partial charge on any atom is -0.314 e. The van der Waals surface area contributed by atoms with Crippen LogP contribution in [-0.2, 0) is 4.79 Å². The maximum absolute atomic E-state index is 12.5. The molecule has 2 aliphatic heterocycles. The van der Waals surface area contributed by atoms with Crippen molar-refractivity contribution in [2.75, 3.05) is 19.6 Å². The van der Waals surface area contributed by atoms with Crippen molar-refractivity contribution < 1.29 is 4.79 Å². The lowest BCUT2D eigenvalue weighted by molar-refractivity contribution is -0.132. The summed E-state index contributed by atoms with van der Waals surface area (Å²) in [4.78, 5) is 16.9. The van der Waals surface area contributed by atoms with E-state index in [1.165, 1.54) is 31.5 Å². The summed E-state index contributed by atoms with van der Waals surface area (Å²) in [5.74, 6) is 0.219. The molecule has 0 bridgehead atoms. The van der Waals surface area contributed by atoms with Gasteiger partial charge in [-0.1, -0.05) is 18.6 Å². The molecule has 0 spiro atoms. The fraction of sp³-hybridized carbons (Fsp3) is 0.688. The summed E-state index contributed by atoms with van der Waals surface area (Å²) in [6.07, 6.45) is 6.78. The van der Waals surface area contributed by atoms with Gasteiger partial charge < -0.3 is 4.90 Å². The average molecular weight is 262 g/mol. The van der Waals surface area contributed by atoms with E-state index in [1.807, 2.05) is 18.7 Å². The van der Waals surface area contributed by atoms with Gasteiger partial charge in [0.05, 0.1) is 5.92 Å². The van der Waals surface area contributed by atoms with Gasteiger partial charge >= 0.3 is 0 Å². The van der Waals surface area contributed by atoms with Crippen LogP contribution in [0.1, 0.15) is 40.5 Å². The average Bonchev–Trinajstić information content (AvgIpc) is 2.85. The maximum atomic E-state index is 12.5. The molecule has 0 unspecified atom stereocenters. The predicted molar refractivity (Wildman–Crippen MR) is 78.7 cm³/mol. The third-order valence-electron chi connectivity index (χ3n) is 4.24. The Kier molecular flexibility index (Phi) is 4.46. The Morgan fingerprint density at radius 3 is 2.58 bits per heavy atom. The van der Waals surface area contributed by atoms with Gasteiger partial charge in [0, 0.05) is 18.3 Å². The number of nitrogens with zero attached hydrogens (tertiary/aromatic N) is 2. The normalized spacial score (nSPS) is 27.1. The molecule has 1 fully saturated rings. The summed E-state index contributed by atoms with van der Waals surface area (Å²) in [7, 11) is 0. The van der Waals surface area contributed by atoms with E-state index in [0.717, 1.165) is 12.2 Å². The van der Waals surface area contributed by atoms with Crippen molar-refractivity contribution >= 4 is 5.91 Å². The zero-order valence-electron chi connectivity index (χ0n) is 12.6. The van der Waals surface area contributed by atoms with Crippen LogP contribution in [-0.4, -0.2) is 41.4 Å². The van der Waals surface area contributed by atoms with Crippen LogP contribution in [0.3, 0.4) is 0 Å². The van der Waals surface area contributed by atoms with Crippen LogP contribution in [0.4, 0.5) is 0 Å². The predicted octanol–water partition coefficient (Wildman–Crippen LogP) is 2.80. The van der Waals surface area contributed by atoms with Gasteiger partial charge in [-0.05, 0) is 52.8 Å². The molecule has 0 radical (unpaired) electrons. The minimum atomic E-state index is -0.0144. The summed E-state index contributed by atoms with van der Waals surface area (Å²) in [5, 5.41) is 0. The molecule has 0 aromatic rings. The van der Waals surface area contributed by atoms with E-state index in [-0.39, 0.29) is 11.8 Å². The molecule has 0 N–H and O–H groups in total. The topological polar surface area (TPSA) is 23.6 Å². The summed E-state index contributed by atoms with van der Waals surface area (Å²) in [6, 6.07) is 0.445. The van der Waals surface area contributed by atoms with Gasteiger partial charge in [0.2, 0.25) is 5.91 Å². The highest BCUT2D eigenvalue weighted by Crippen LogP contribution is 2.21. The Morgan fingerprint density at radius 1 is 1.32 bits per heavy atom. The van der Waals surface area contributed by atoms with Crippen molar-refractivity contribution in [2.24, 2.45) is 5.92 Å². The van der Waals surface area contributed by atoms with Crippen LogP contribution >= 0.6 is 0 Å². The van der Waals surface area contributed by atoms with Gasteiger partial charge in [0.1, 0.15) is 0 Å². The Labute approximate surface area is 117 Å². The Hall–Kier alpha value is -1.09. The summed E-state index contributed by atoms with van der Waals surface area (Å²) in [6.45, 7) is 11.5. The molecule has 3 nitrogen and oxygen atoms in total. The number of hydrogen-bond donors (Lipinski definition) is 0.